The van der Waals surface area contributed by atoms with Gasteiger partial charge in [-0.05, 0) is 30.7 Å². The lowest BCUT2D eigenvalue weighted by Crippen LogP contribution is -2.46. The number of hydrogen-bond donors (Lipinski definition) is 0. The summed E-state index contributed by atoms with van der Waals surface area (Å²) in [6.07, 6.45) is 2.82. The lowest BCUT2D eigenvalue weighted by Gasteiger charge is -2.29. The summed E-state index contributed by atoms with van der Waals surface area (Å²) in [5.41, 5.74) is 1.15. The Morgan fingerprint density at radius 3 is 2.64 bits per heavy atom. The predicted octanol–water partition coefficient (Wildman–Crippen LogP) is 3.89. The van der Waals surface area contributed by atoms with Crippen LogP contribution in [-0.2, 0) is 20.7 Å². The van der Waals surface area contributed by atoms with Crippen molar-refractivity contribution in [3.63, 3.8) is 0 Å². The fourth-order valence-corrected chi connectivity index (χ4v) is 4.64. The number of thioether (sulfide) groups is 1. The molecule has 0 aromatic heterocycles. The van der Waals surface area contributed by atoms with Crippen molar-refractivity contribution in [2.45, 2.75) is 57.9 Å². The van der Waals surface area contributed by atoms with Gasteiger partial charge in [0.2, 0.25) is 5.91 Å². The molecule has 1 heterocycles. The summed E-state index contributed by atoms with van der Waals surface area (Å²) in [6, 6.07) is 9.56. The van der Waals surface area contributed by atoms with Crippen molar-refractivity contribution in [1.29, 1.82) is 0 Å². The number of carbonyl (C=O) groups excluding carboxylic acids is 2. The topological polar surface area (TPSA) is 46.6 Å². The smallest absolute Gasteiger partial charge is 0.329 e. The lowest BCUT2D eigenvalue weighted by atomic mass is 10.1. The van der Waals surface area contributed by atoms with E-state index in [-0.39, 0.29) is 17.3 Å². The molecule has 0 spiro atoms. The summed E-state index contributed by atoms with van der Waals surface area (Å²) < 4.78 is 5.33. The van der Waals surface area contributed by atoms with E-state index >= 15 is 0 Å². The van der Waals surface area contributed by atoms with Gasteiger partial charge in [-0.1, -0.05) is 51.1 Å². The maximum Gasteiger partial charge on any atom is 0.329 e. The van der Waals surface area contributed by atoms with Gasteiger partial charge < -0.3 is 9.64 Å². The highest BCUT2D eigenvalue weighted by molar-refractivity contribution is 8.00. The number of benzene rings is 1. The average Bonchev–Trinajstić information content (AvgIpc) is 3.01. The van der Waals surface area contributed by atoms with Gasteiger partial charge in [-0.3, -0.25) is 4.79 Å². The molecule has 0 N–H and O–H groups in total. The van der Waals surface area contributed by atoms with E-state index in [0.29, 0.717) is 31.1 Å². The third-order valence-corrected chi connectivity index (χ3v) is 5.56. The second kappa shape index (κ2) is 9.85. The van der Waals surface area contributed by atoms with Crippen LogP contribution in [0.3, 0.4) is 0 Å². The van der Waals surface area contributed by atoms with Crippen molar-refractivity contribution in [2.24, 2.45) is 5.92 Å². The zero-order chi connectivity index (χ0) is 18.2. The highest BCUT2D eigenvalue weighted by Crippen LogP contribution is 2.34. The van der Waals surface area contributed by atoms with Gasteiger partial charge in [0.25, 0.3) is 0 Å². The van der Waals surface area contributed by atoms with E-state index in [2.05, 4.69) is 13.8 Å². The quantitative estimate of drug-likeness (QED) is 0.658. The van der Waals surface area contributed by atoms with Crippen LogP contribution in [0, 0.1) is 5.92 Å². The van der Waals surface area contributed by atoms with Gasteiger partial charge in [0.05, 0.1) is 12.0 Å². The molecule has 1 aliphatic heterocycles. The molecule has 25 heavy (non-hydrogen) atoms. The van der Waals surface area contributed by atoms with Crippen LogP contribution in [0.2, 0.25) is 0 Å². The lowest BCUT2D eigenvalue weighted by molar-refractivity contribution is -0.154. The summed E-state index contributed by atoms with van der Waals surface area (Å²) in [5, 5.41) is 0.0717. The van der Waals surface area contributed by atoms with Crippen molar-refractivity contribution in [3.8, 4) is 0 Å². The molecule has 2 rings (SSSR count). The van der Waals surface area contributed by atoms with Gasteiger partial charge in [-0.15, -0.1) is 11.8 Å². The number of rotatable bonds is 8. The Balaban J connectivity index is 2.04. The monoisotopic (exact) mass is 363 g/mol. The standard InChI is InChI=1S/C20H29NO3S/c1-4-12-24-20(23)17-14-25-19(13-15(2)3)21(17)18(22)11-10-16-8-6-5-7-9-16/h5-9,15,17,19H,4,10-14H2,1-3H3/t17-,19+/m0/s1. The number of nitrogens with zero attached hydrogens (tertiary/aromatic N) is 1. The molecule has 0 bridgehead atoms. The maximum atomic E-state index is 12.9. The summed E-state index contributed by atoms with van der Waals surface area (Å²) in [7, 11) is 0. The molecular formula is C20H29NO3S. The number of esters is 1. The van der Waals surface area contributed by atoms with Gasteiger partial charge in [0.15, 0.2) is 0 Å². The molecule has 138 valence electrons. The predicted molar refractivity (Wildman–Crippen MR) is 102 cm³/mol. The van der Waals surface area contributed by atoms with Crippen molar-refractivity contribution >= 4 is 23.6 Å². The van der Waals surface area contributed by atoms with E-state index in [1.54, 1.807) is 16.7 Å². The van der Waals surface area contributed by atoms with Crippen LogP contribution in [0.1, 0.15) is 45.6 Å². The van der Waals surface area contributed by atoms with E-state index in [1.807, 2.05) is 37.3 Å². The Bertz CT molecular complexity index is 561. The second-order valence-corrected chi connectivity index (χ2v) is 8.10. The molecule has 1 aromatic rings. The molecule has 0 saturated carbocycles. The Kier molecular flexibility index (Phi) is 7.82. The minimum atomic E-state index is -0.441. The van der Waals surface area contributed by atoms with E-state index in [0.717, 1.165) is 18.4 Å². The SMILES string of the molecule is CCCOC(=O)[C@@H]1CS[C@H](CC(C)C)N1C(=O)CCc1ccccc1. The van der Waals surface area contributed by atoms with Crippen molar-refractivity contribution in [1.82, 2.24) is 4.90 Å². The second-order valence-electron chi connectivity index (χ2n) is 6.89. The zero-order valence-electron chi connectivity index (χ0n) is 15.4. The first-order valence-electron chi connectivity index (χ1n) is 9.16. The van der Waals surface area contributed by atoms with E-state index in [4.69, 9.17) is 4.74 Å². The zero-order valence-corrected chi connectivity index (χ0v) is 16.3. The van der Waals surface area contributed by atoms with Crippen LogP contribution < -0.4 is 0 Å². The molecule has 5 heteroatoms. The first kappa shape index (κ1) is 19.8. The largest absolute Gasteiger partial charge is 0.464 e. The molecule has 1 saturated heterocycles. The average molecular weight is 364 g/mol. The number of hydrogen-bond acceptors (Lipinski definition) is 4. The number of carbonyl (C=O) groups is 2. The van der Waals surface area contributed by atoms with Gasteiger partial charge in [0.1, 0.15) is 6.04 Å². The Hall–Kier alpha value is -1.49. The molecule has 1 amide bonds. The number of aryl methyl sites for hydroxylation is 1. The Morgan fingerprint density at radius 1 is 1.28 bits per heavy atom. The van der Waals surface area contributed by atoms with Crippen LogP contribution in [0.25, 0.3) is 0 Å². The van der Waals surface area contributed by atoms with E-state index in [9.17, 15) is 9.59 Å². The van der Waals surface area contributed by atoms with Crippen molar-refractivity contribution < 1.29 is 14.3 Å². The van der Waals surface area contributed by atoms with Gasteiger partial charge in [0, 0.05) is 12.2 Å². The fraction of sp³-hybridized carbons (Fsp3) is 0.600. The molecule has 0 radical (unpaired) electrons. The third kappa shape index (κ3) is 5.77. The molecular weight excluding hydrogens is 334 g/mol. The summed E-state index contributed by atoms with van der Waals surface area (Å²) in [6.45, 7) is 6.69. The molecule has 1 aliphatic rings. The van der Waals surface area contributed by atoms with Crippen LogP contribution in [0.5, 0.6) is 0 Å². The highest BCUT2D eigenvalue weighted by Gasteiger charge is 2.42. The fourth-order valence-electron chi connectivity index (χ4n) is 2.99. The minimum Gasteiger partial charge on any atom is -0.464 e. The van der Waals surface area contributed by atoms with Gasteiger partial charge >= 0.3 is 5.97 Å². The van der Waals surface area contributed by atoms with Crippen LogP contribution in [0.15, 0.2) is 30.3 Å². The molecule has 2 atom stereocenters. The van der Waals surface area contributed by atoms with Crippen LogP contribution in [0.4, 0.5) is 0 Å². The van der Waals surface area contributed by atoms with E-state index in [1.165, 1.54) is 0 Å². The summed E-state index contributed by atoms with van der Waals surface area (Å²) in [4.78, 5) is 27.1. The minimum absolute atomic E-state index is 0.0537. The molecule has 0 aliphatic carbocycles. The maximum absolute atomic E-state index is 12.9. The van der Waals surface area contributed by atoms with Crippen LogP contribution in [-0.4, -0.2) is 40.6 Å². The van der Waals surface area contributed by atoms with Crippen molar-refractivity contribution in [3.05, 3.63) is 35.9 Å². The molecule has 1 fully saturated rings. The van der Waals surface area contributed by atoms with Gasteiger partial charge in [-0.2, -0.15) is 0 Å². The molecule has 0 unspecified atom stereocenters. The molecule has 1 aromatic carbocycles. The van der Waals surface area contributed by atoms with Crippen LogP contribution >= 0.6 is 11.8 Å². The third-order valence-electron chi connectivity index (χ3n) is 4.24. The Morgan fingerprint density at radius 2 is 2.00 bits per heavy atom. The molecule has 4 nitrogen and oxygen atoms in total. The summed E-state index contributed by atoms with van der Waals surface area (Å²) in [5.74, 6) is 0.913. The van der Waals surface area contributed by atoms with Gasteiger partial charge in [-0.25, -0.2) is 4.79 Å². The van der Waals surface area contributed by atoms with Crippen molar-refractivity contribution in [2.75, 3.05) is 12.4 Å². The number of amides is 1. The summed E-state index contributed by atoms with van der Waals surface area (Å²) >= 11 is 1.70. The van der Waals surface area contributed by atoms with E-state index < -0.39 is 6.04 Å². The first-order valence-corrected chi connectivity index (χ1v) is 10.2. The Labute approximate surface area is 155 Å². The number of ether oxygens (including phenoxy) is 1. The highest BCUT2D eigenvalue weighted by atomic mass is 32.2. The normalized spacial score (nSPS) is 20.1. The first-order chi connectivity index (χ1) is 12.0.